The Hall–Kier alpha value is -3.37. The van der Waals surface area contributed by atoms with Crippen LogP contribution >= 0.6 is 0 Å². The molecule has 35 heavy (non-hydrogen) atoms. The molecule has 2 aromatic carbocycles. The van der Waals surface area contributed by atoms with Gasteiger partial charge in [-0.3, -0.25) is 14.5 Å². The van der Waals surface area contributed by atoms with E-state index in [1.54, 1.807) is 18.2 Å². The minimum atomic E-state index is -4.06. The summed E-state index contributed by atoms with van der Waals surface area (Å²) in [5.41, 5.74) is 0.417. The van der Waals surface area contributed by atoms with Gasteiger partial charge in [-0.2, -0.15) is 0 Å². The highest BCUT2D eigenvalue weighted by atomic mass is 32.2. The molecule has 2 heterocycles. The van der Waals surface area contributed by atoms with Gasteiger partial charge < -0.3 is 9.84 Å². The molecular weight excluding hydrogens is 470 g/mol. The van der Waals surface area contributed by atoms with Crippen molar-refractivity contribution >= 4 is 33.1 Å². The maximum atomic E-state index is 13.3. The summed E-state index contributed by atoms with van der Waals surface area (Å²) in [4.78, 5) is 27.5. The van der Waals surface area contributed by atoms with Crippen molar-refractivity contribution in [3.05, 3.63) is 64.2 Å². The number of aliphatic hydroxyl groups excluding tert-OH is 1. The van der Waals surface area contributed by atoms with Crippen LogP contribution in [0.3, 0.4) is 0 Å². The van der Waals surface area contributed by atoms with E-state index in [4.69, 9.17) is 4.74 Å². The molecule has 2 aliphatic rings. The van der Waals surface area contributed by atoms with Crippen LogP contribution in [0.2, 0.25) is 0 Å². The summed E-state index contributed by atoms with van der Waals surface area (Å²) in [6.07, 6.45) is 3.55. The Bertz CT molecular complexity index is 1330. The van der Waals surface area contributed by atoms with E-state index < -0.39 is 38.5 Å². The molecule has 0 fully saturated rings. The van der Waals surface area contributed by atoms with Gasteiger partial charge in [-0.05, 0) is 37.1 Å². The van der Waals surface area contributed by atoms with E-state index in [1.165, 1.54) is 29.2 Å². The minimum Gasteiger partial charge on any atom is -0.504 e. The van der Waals surface area contributed by atoms with Crippen LogP contribution in [0.1, 0.15) is 65.8 Å². The molecule has 184 valence electrons. The number of amides is 2. The lowest BCUT2D eigenvalue weighted by molar-refractivity contribution is 0.0383. The molecule has 1 N–H and O–H groups in total. The lowest BCUT2D eigenvalue weighted by Crippen LogP contribution is -2.42. The Morgan fingerprint density at radius 2 is 1.71 bits per heavy atom. The zero-order valence-electron chi connectivity index (χ0n) is 19.6. The third-order valence-electron chi connectivity index (χ3n) is 6.10. The first-order valence-corrected chi connectivity index (χ1v) is 13.1. The summed E-state index contributed by atoms with van der Waals surface area (Å²) < 4.78 is 31.3. The van der Waals surface area contributed by atoms with Crippen molar-refractivity contribution < 1.29 is 27.9 Å². The van der Waals surface area contributed by atoms with E-state index in [0.29, 0.717) is 13.0 Å². The quantitative estimate of drug-likeness (QED) is 0.279. The molecule has 2 aromatic rings. The summed E-state index contributed by atoms with van der Waals surface area (Å²) >= 11 is 0. The number of sulfone groups is 1. The molecule has 1 atom stereocenters. The number of fused-ring (bicyclic) bond motifs is 2. The number of hydrogen-bond acceptors (Lipinski definition) is 8. The molecule has 0 saturated heterocycles. The van der Waals surface area contributed by atoms with Crippen LogP contribution < -0.4 is 0 Å². The predicted octanol–water partition coefficient (Wildman–Crippen LogP) is 5.02. The summed E-state index contributed by atoms with van der Waals surface area (Å²) in [5, 5.41) is 17.6. The summed E-state index contributed by atoms with van der Waals surface area (Å²) in [6, 6.07) is 10.1. The highest BCUT2D eigenvalue weighted by Crippen LogP contribution is 2.39. The second-order valence-corrected chi connectivity index (χ2v) is 10.2. The zero-order valence-corrected chi connectivity index (χ0v) is 20.4. The average Bonchev–Trinajstić information content (AvgIpc) is 3.22. The van der Waals surface area contributed by atoms with Crippen LogP contribution in [0.4, 0.5) is 5.69 Å². The zero-order chi connectivity index (χ0) is 25.2. The third-order valence-corrected chi connectivity index (χ3v) is 7.82. The van der Waals surface area contributed by atoms with Crippen LogP contribution in [-0.4, -0.2) is 49.5 Å². The van der Waals surface area contributed by atoms with Crippen LogP contribution in [0.15, 0.2) is 62.6 Å². The molecule has 9 nitrogen and oxygen atoms in total. The molecule has 2 amide bonds. The standard InChI is InChI=1S/C25H27N3O6S/c1-3-5-8-14-34-15-16(4-2)28-24(30)18-11-9-12-19(21(18)25(28)31)26-27-23-22(29)17-10-6-7-13-20(17)35(23,32)33/h6-7,9-13,16,29H,3-5,8,14-15H2,1-2H3. The van der Waals surface area contributed by atoms with Gasteiger partial charge in [-0.25, -0.2) is 8.42 Å². The Balaban J connectivity index is 1.61. The number of carbonyl (C=O) groups excluding carboxylic acids is 2. The average molecular weight is 498 g/mol. The number of benzene rings is 2. The van der Waals surface area contributed by atoms with Gasteiger partial charge in [-0.1, -0.05) is 44.9 Å². The first kappa shape index (κ1) is 24.7. The molecule has 0 radical (unpaired) electrons. The summed E-state index contributed by atoms with van der Waals surface area (Å²) in [5.74, 6) is -1.49. The van der Waals surface area contributed by atoms with Crippen LogP contribution in [0.25, 0.3) is 5.76 Å². The molecule has 0 saturated carbocycles. The largest absolute Gasteiger partial charge is 0.504 e. The number of imide groups is 1. The van der Waals surface area contributed by atoms with Crippen molar-refractivity contribution in [2.75, 3.05) is 13.2 Å². The van der Waals surface area contributed by atoms with Gasteiger partial charge in [0, 0.05) is 12.2 Å². The lowest BCUT2D eigenvalue weighted by atomic mass is 10.1. The van der Waals surface area contributed by atoms with Gasteiger partial charge in [0.2, 0.25) is 14.9 Å². The highest BCUT2D eigenvalue weighted by Gasteiger charge is 2.41. The van der Waals surface area contributed by atoms with Gasteiger partial charge in [0.05, 0.1) is 34.4 Å². The topological polar surface area (TPSA) is 126 Å². The first-order chi connectivity index (χ1) is 16.8. The second kappa shape index (κ2) is 10.1. The number of unbranched alkanes of at least 4 members (excludes halogenated alkanes) is 2. The molecular formula is C25H27N3O6S. The van der Waals surface area contributed by atoms with Gasteiger partial charge >= 0.3 is 0 Å². The second-order valence-electron chi connectivity index (χ2n) is 8.38. The maximum Gasteiger partial charge on any atom is 0.264 e. The van der Waals surface area contributed by atoms with Crippen molar-refractivity contribution in [1.82, 2.24) is 4.90 Å². The lowest BCUT2D eigenvalue weighted by Gasteiger charge is -2.25. The molecule has 1 unspecified atom stereocenters. The summed E-state index contributed by atoms with van der Waals surface area (Å²) in [6.45, 7) is 4.77. The van der Waals surface area contributed by atoms with Crippen molar-refractivity contribution in [2.24, 2.45) is 10.2 Å². The van der Waals surface area contributed by atoms with Crippen LogP contribution in [-0.2, 0) is 14.6 Å². The van der Waals surface area contributed by atoms with Gasteiger partial charge in [0.25, 0.3) is 11.8 Å². The Morgan fingerprint density at radius 1 is 0.971 bits per heavy atom. The smallest absolute Gasteiger partial charge is 0.264 e. The van der Waals surface area contributed by atoms with Crippen molar-refractivity contribution in [2.45, 2.75) is 50.5 Å². The third kappa shape index (κ3) is 4.39. The SMILES string of the molecule is CCCCCOCC(CC)N1C(=O)c2cccc(N=NC3=C(O)c4ccccc4S3(=O)=O)c2C1=O. The fraction of sp³-hybridized carbons (Fsp3) is 0.360. The Morgan fingerprint density at radius 3 is 2.43 bits per heavy atom. The molecule has 10 heteroatoms. The molecule has 0 aromatic heterocycles. The normalized spacial score (nSPS) is 17.4. The number of hydrogen-bond donors (Lipinski definition) is 1. The van der Waals surface area contributed by atoms with Gasteiger partial charge in [0.1, 0.15) is 0 Å². The number of nitrogens with zero attached hydrogens (tertiary/aromatic N) is 3. The Labute approximate surface area is 204 Å². The van der Waals surface area contributed by atoms with Crippen molar-refractivity contribution in [3.8, 4) is 0 Å². The van der Waals surface area contributed by atoms with Crippen LogP contribution in [0, 0.1) is 0 Å². The number of carbonyl (C=O) groups is 2. The maximum absolute atomic E-state index is 13.3. The van der Waals surface area contributed by atoms with E-state index in [2.05, 4.69) is 17.2 Å². The van der Waals surface area contributed by atoms with E-state index in [9.17, 15) is 23.1 Å². The van der Waals surface area contributed by atoms with Crippen molar-refractivity contribution in [1.29, 1.82) is 0 Å². The first-order valence-electron chi connectivity index (χ1n) is 11.6. The monoisotopic (exact) mass is 497 g/mol. The molecule has 0 aliphatic carbocycles. The van der Waals surface area contributed by atoms with Gasteiger partial charge in [0.15, 0.2) is 5.76 Å². The van der Waals surface area contributed by atoms with E-state index >= 15 is 0 Å². The highest BCUT2D eigenvalue weighted by molar-refractivity contribution is 7.95. The number of ether oxygens (including phenoxy) is 1. The van der Waals surface area contributed by atoms with E-state index in [1.807, 2.05) is 6.92 Å². The van der Waals surface area contributed by atoms with Gasteiger partial charge in [-0.15, -0.1) is 10.2 Å². The minimum absolute atomic E-state index is 0.0496. The molecule has 2 aliphatic heterocycles. The number of rotatable bonds is 10. The van der Waals surface area contributed by atoms with Crippen LogP contribution in [0.5, 0.6) is 0 Å². The Kier molecular flexibility index (Phi) is 7.13. The molecule has 0 spiro atoms. The molecule has 0 bridgehead atoms. The summed E-state index contributed by atoms with van der Waals surface area (Å²) in [7, 11) is -4.06. The van der Waals surface area contributed by atoms with E-state index in [0.717, 1.165) is 19.3 Å². The fourth-order valence-corrected chi connectivity index (χ4v) is 5.63. The number of aliphatic hydroxyl groups is 1. The number of azo groups is 1. The van der Waals surface area contributed by atoms with Crippen molar-refractivity contribution in [3.63, 3.8) is 0 Å². The predicted molar refractivity (Wildman–Crippen MR) is 129 cm³/mol. The fourth-order valence-electron chi connectivity index (χ4n) is 4.19. The molecule has 4 rings (SSSR count). The van der Waals surface area contributed by atoms with E-state index in [-0.39, 0.29) is 33.9 Å².